The van der Waals surface area contributed by atoms with Gasteiger partial charge in [0.1, 0.15) is 5.82 Å². The Kier molecular flexibility index (Phi) is 4.56. The van der Waals surface area contributed by atoms with E-state index in [1.165, 1.54) is 12.1 Å². The summed E-state index contributed by atoms with van der Waals surface area (Å²) in [5, 5.41) is -0.140. The molecule has 3 rings (SSSR count). The van der Waals surface area contributed by atoms with Gasteiger partial charge in [-0.05, 0) is 44.1 Å². The largest absolute Gasteiger partial charge is 0.369 e. The zero-order valence-corrected chi connectivity index (χ0v) is 13.6. The topological polar surface area (TPSA) is 83.7 Å². The Bertz CT molecular complexity index is 704. The minimum atomic E-state index is -0.607. The molecule has 0 radical (unpaired) electrons. The maximum Gasteiger partial charge on any atom is 0.251 e. The van der Waals surface area contributed by atoms with Crippen molar-refractivity contribution in [1.82, 2.24) is 4.90 Å². The van der Waals surface area contributed by atoms with Crippen LogP contribution in [0.25, 0.3) is 0 Å². The van der Waals surface area contributed by atoms with Crippen molar-refractivity contribution in [3.05, 3.63) is 29.0 Å². The minimum absolute atomic E-state index is 0.0646. The van der Waals surface area contributed by atoms with Crippen molar-refractivity contribution in [2.75, 3.05) is 18.0 Å². The standard InChI is InChI=1S/C16H17ClFN3O3/c17-11-7-10(1-2-12(11)18)21-14(22)8-13(16(21)24)20-5-3-9(4-6-20)15(19)23/h1-2,7,9,13H,3-6,8H2,(H2,19,23)/t13-/m0/s1. The Morgan fingerprint density at radius 2 is 1.92 bits per heavy atom. The van der Waals surface area contributed by atoms with Gasteiger partial charge in [-0.15, -0.1) is 0 Å². The maximum absolute atomic E-state index is 13.3. The molecule has 0 bridgehead atoms. The Hall–Kier alpha value is -1.99. The van der Waals surface area contributed by atoms with Crippen molar-refractivity contribution < 1.29 is 18.8 Å². The minimum Gasteiger partial charge on any atom is -0.369 e. The molecule has 2 saturated heterocycles. The fraction of sp³-hybridized carbons (Fsp3) is 0.438. The highest BCUT2D eigenvalue weighted by Gasteiger charge is 2.43. The van der Waals surface area contributed by atoms with Gasteiger partial charge in [-0.3, -0.25) is 19.3 Å². The first-order valence-corrected chi connectivity index (χ1v) is 8.11. The average Bonchev–Trinajstić information content (AvgIpc) is 2.85. The predicted octanol–water partition coefficient (Wildman–Crippen LogP) is 1.31. The maximum atomic E-state index is 13.3. The summed E-state index contributed by atoms with van der Waals surface area (Å²) in [6.45, 7) is 1.07. The molecule has 2 heterocycles. The zero-order valence-electron chi connectivity index (χ0n) is 12.9. The summed E-state index contributed by atoms with van der Waals surface area (Å²) in [5.41, 5.74) is 5.58. The molecule has 1 aromatic carbocycles. The lowest BCUT2D eigenvalue weighted by molar-refractivity contribution is -0.124. The number of halogens is 2. The molecule has 6 nitrogen and oxygen atoms in total. The lowest BCUT2D eigenvalue weighted by atomic mass is 9.95. The van der Waals surface area contributed by atoms with Crippen LogP contribution >= 0.6 is 11.6 Å². The van der Waals surface area contributed by atoms with Crippen molar-refractivity contribution in [3.63, 3.8) is 0 Å². The molecule has 2 N–H and O–H groups in total. The van der Waals surface area contributed by atoms with Crippen LogP contribution in [0.5, 0.6) is 0 Å². The quantitative estimate of drug-likeness (QED) is 0.830. The number of anilines is 1. The fourth-order valence-corrected chi connectivity index (χ4v) is 3.47. The molecule has 1 aromatic rings. The molecule has 2 aliphatic rings. The molecule has 24 heavy (non-hydrogen) atoms. The molecule has 0 unspecified atom stereocenters. The summed E-state index contributed by atoms with van der Waals surface area (Å²) < 4.78 is 13.3. The van der Waals surface area contributed by atoms with Gasteiger partial charge >= 0.3 is 0 Å². The average molecular weight is 354 g/mol. The second-order valence-electron chi connectivity index (χ2n) is 6.10. The SMILES string of the molecule is NC(=O)C1CCN([C@H]2CC(=O)N(c3ccc(F)c(Cl)c3)C2=O)CC1. The fourth-order valence-electron chi connectivity index (χ4n) is 3.29. The van der Waals surface area contributed by atoms with E-state index in [2.05, 4.69) is 0 Å². The van der Waals surface area contributed by atoms with E-state index < -0.39 is 11.9 Å². The second-order valence-corrected chi connectivity index (χ2v) is 6.51. The molecule has 0 saturated carbocycles. The van der Waals surface area contributed by atoms with Crippen LogP contribution in [-0.2, 0) is 14.4 Å². The normalized spacial score (nSPS) is 23.1. The number of nitrogens with two attached hydrogens (primary N) is 1. The number of benzene rings is 1. The van der Waals surface area contributed by atoms with Crippen LogP contribution in [0.15, 0.2) is 18.2 Å². The van der Waals surface area contributed by atoms with Gasteiger partial charge in [-0.1, -0.05) is 11.6 Å². The number of piperidine rings is 1. The molecule has 2 aliphatic heterocycles. The summed E-state index contributed by atoms with van der Waals surface area (Å²) in [5.74, 6) is -1.80. The number of rotatable bonds is 3. The third kappa shape index (κ3) is 3.01. The molecule has 0 spiro atoms. The van der Waals surface area contributed by atoms with Crippen LogP contribution in [0.1, 0.15) is 19.3 Å². The molecule has 0 aliphatic carbocycles. The van der Waals surface area contributed by atoms with Gasteiger partial charge in [-0.2, -0.15) is 0 Å². The molecule has 0 aromatic heterocycles. The van der Waals surface area contributed by atoms with Gasteiger partial charge in [0.25, 0.3) is 5.91 Å². The Morgan fingerprint density at radius 1 is 1.25 bits per heavy atom. The first-order valence-electron chi connectivity index (χ1n) is 7.73. The van der Waals surface area contributed by atoms with E-state index in [1.807, 2.05) is 4.90 Å². The summed E-state index contributed by atoms with van der Waals surface area (Å²) in [6, 6.07) is 3.20. The van der Waals surface area contributed by atoms with E-state index in [9.17, 15) is 18.8 Å². The van der Waals surface area contributed by atoms with Crippen LogP contribution in [0.3, 0.4) is 0 Å². The highest BCUT2D eigenvalue weighted by Crippen LogP contribution is 2.30. The summed E-state index contributed by atoms with van der Waals surface area (Å²) in [4.78, 5) is 39.1. The number of imide groups is 1. The monoisotopic (exact) mass is 353 g/mol. The van der Waals surface area contributed by atoms with Gasteiger partial charge in [0, 0.05) is 5.92 Å². The number of hydrogen-bond acceptors (Lipinski definition) is 4. The number of likely N-dealkylation sites (tertiary alicyclic amines) is 1. The summed E-state index contributed by atoms with van der Waals surface area (Å²) in [7, 11) is 0. The lowest BCUT2D eigenvalue weighted by Crippen LogP contribution is -2.47. The first kappa shape index (κ1) is 16.9. The molecule has 128 valence electrons. The van der Waals surface area contributed by atoms with Crippen LogP contribution in [-0.4, -0.2) is 41.8 Å². The van der Waals surface area contributed by atoms with E-state index in [-0.39, 0.29) is 40.8 Å². The number of amides is 3. The number of primary amides is 1. The van der Waals surface area contributed by atoms with E-state index in [0.29, 0.717) is 25.9 Å². The third-order valence-electron chi connectivity index (χ3n) is 4.66. The number of hydrogen-bond donors (Lipinski definition) is 1. The van der Waals surface area contributed by atoms with Crippen LogP contribution in [0, 0.1) is 11.7 Å². The van der Waals surface area contributed by atoms with E-state index >= 15 is 0 Å². The highest BCUT2D eigenvalue weighted by atomic mass is 35.5. The molecule has 8 heteroatoms. The van der Waals surface area contributed by atoms with Gasteiger partial charge in [0.2, 0.25) is 11.8 Å². The Morgan fingerprint density at radius 3 is 2.50 bits per heavy atom. The third-order valence-corrected chi connectivity index (χ3v) is 4.95. The molecule has 1 atom stereocenters. The van der Waals surface area contributed by atoms with Crippen molar-refractivity contribution in [2.45, 2.75) is 25.3 Å². The predicted molar refractivity (Wildman–Crippen MR) is 85.8 cm³/mol. The number of nitrogens with zero attached hydrogens (tertiary/aromatic N) is 2. The number of carbonyl (C=O) groups excluding carboxylic acids is 3. The van der Waals surface area contributed by atoms with Crippen LogP contribution < -0.4 is 10.6 Å². The summed E-state index contributed by atoms with van der Waals surface area (Å²) >= 11 is 5.74. The number of carbonyl (C=O) groups is 3. The zero-order chi connectivity index (χ0) is 17.4. The van der Waals surface area contributed by atoms with Gasteiger partial charge in [0.05, 0.1) is 23.2 Å². The van der Waals surface area contributed by atoms with Crippen molar-refractivity contribution >= 4 is 35.0 Å². The summed E-state index contributed by atoms with van der Waals surface area (Å²) in [6.07, 6.45) is 1.22. The van der Waals surface area contributed by atoms with Gasteiger partial charge < -0.3 is 5.73 Å². The smallest absolute Gasteiger partial charge is 0.251 e. The van der Waals surface area contributed by atoms with Crippen molar-refractivity contribution in [2.24, 2.45) is 11.7 Å². The second kappa shape index (κ2) is 6.49. The van der Waals surface area contributed by atoms with Crippen molar-refractivity contribution in [1.29, 1.82) is 0 Å². The molecule has 3 amide bonds. The van der Waals surface area contributed by atoms with Crippen LogP contribution in [0.2, 0.25) is 5.02 Å². The van der Waals surface area contributed by atoms with Crippen molar-refractivity contribution in [3.8, 4) is 0 Å². The van der Waals surface area contributed by atoms with E-state index in [4.69, 9.17) is 17.3 Å². The lowest BCUT2D eigenvalue weighted by Gasteiger charge is -2.33. The molecular formula is C16H17ClFN3O3. The Labute approximate surface area is 143 Å². The van der Waals surface area contributed by atoms with Gasteiger partial charge in [-0.25, -0.2) is 9.29 Å². The molecule has 2 fully saturated rings. The van der Waals surface area contributed by atoms with Crippen LogP contribution in [0.4, 0.5) is 10.1 Å². The molecular weight excluding hydrogens is 337 g/mol. The van der Waals surface area contributed by atoms with Gasteiger partial charge in [0.15, 0.2) is 0 Å². The van der Waals surface area contributed by atoms with E-state index in [1.54, 1.807) is 0 Å². The first-order chi connectivity index (χ1) is 11.4. The Balaban J connectivity index is 1.75. The van der Waals surface area contributed by atoms with E-state index in [0.717, 1.165) is 11.0 Å². The highest BCUT2D eigenvalue weighted by molar-refractivity contribution is 6.31.